The van der Waals surface area contributed by atoms with E-state index >= 15 is 0 Å². The van der Waals surface area contributed by atoms with Crippen molar-refractivity contribution in [3.63, 3.8) is 0 Å². The third-order valence-electron chi connectivity index (χ3n) is 3.66. The van der Waals surface area contributed by atoms with Crippen LogP contribution in [-0.4, -0.2) is 56.1 Å². The number of benzene rings is 1. The highest BCUT2D eigenvalue weighted by Crippen LogP contribution is 2.17. The number of β-amino-alcohol motifs (C(OH)–C–C–N with tert-alkyl or cyclic N) is 1. The summed E-state index contributed by atoms with van der Waals surface area (Å²) in [5.74, 6) is 1.40. The van der Waals surface area contributed by atoms with Gasteiger partial charge in [0.1, 0.15) is 18.5 Å². The summed E-state index contributed by atoms with van der Waals surface area (Å²) in [7, 11) is 1.75. The first-order chi connectivity index (χ1) is 9.78. The maximum absolute atomic E-state index is 10.1. The lowest BCUT2D eigenvalue weighted by Crippen LogP contribution is -2.42. The van der Waals surface area contributed by atoms with E-state index in [0.717, 1.165) is 25.4 Å². The predicted octanol–water partition coefficient (Wildman–Crippen LogP) is 1.78. The van der Waals surface area contributed by atoms with Crippen LogP contribution in [0.2, 0.25) is 0 Å². The lowest BCUT2D eigenvalue weighted by molar-refractivity contribution is 0.0371. The Hall–Kier alpha value is -1.10. The van der Waals surface area contributed by atoms with Crippen LogP contribution < -0.4 is 4.74 Å². The molecule has 0 bridgehead atoms. The van der Waals surface area contributed by atoms with Crippen LogP contribution in [0.1, 0.15) is 12.8 Å². The Morgan fingerprint density at radius 1 is 1.35 bits per heavy atom. The zero-order valence-corrected chi connectivity index (χ0v) is 12.2. The number of nitrogens with zero attached hydrogens (tertiary/aromatic N) is 1. The van der Waals surface area contributed by atoms with Gasteiger partial charge < -0.3 is 19.5 Å². The monoisotopic (exact) mass is 279 g/mol. The number of hydrogen-bond acceptors (Lipinski definition) is 4. The van der Waals surface area contributed by atoms with Gasteiger partial charge in [0.25, 0.3) is 0 Å². The number of para-hydroxylation sites is 1. The fourth-order valence-corrected chi connectivity index (χ4v) is 2.75. The molecule has 0 spiro atoms. The Morgan fingerprint density at radius 2 is 2.15 bits per heavy atom. The van der Waals surface area contributed by atoms with E-state index in [4.69, 9.17) is 9.47 Å². The molecule has 1 aromatic rings. The number of aliphatic hydroxyl groups is 1. The van der Waals surface area contributed by atoms with Crippen LogP contribution in [0, 0.1) is 5.92 Å². The second-order valence-electron chi connectivity index (χ2n) is 5.50. The average Bonchev–Trinajstić information content (AvgIpc) is 2.47. The minimum atomic E-state index is -0.448. The fourth-order valence-electron chi connectivity index (χ4n) is 2.75. The third-order valence-corrected chi connectivity index (χ3v) is 3.66. The zero-order chi connectivity index (χ0) is 14.2. The second-order valence-corrected chi connectivity index (χ2v) is 5.50. The maximum Gasteiger partial charge on any atom is 0.119 e. The van der Waals surface area contributed by atoms with Crippen LogP contribution in [0.3, 0.4) is 0 Å². The van der Waals surface area contributed by atoms with Crippen LogP contribution >= 0.6 is 0 Å². The quantitative estimate of drug-likeness (QED) is 0.826. The number of rotatable bonds is 7. The second kappa shape index (κ2) is 8.25. The molecule has 0 saturated carbocycles. The van der Waals surface area contributed by atoms with E-state index in [1.807, 2.05) is 30.3 Å². The van der Waals surface area contributed by atoms with Gasteiger partial charge in [-0.1, -0.05) is 18.2 Å². The lowest BCUT2D eigenvalue weighted by atomic mass is 9.99. The van der Waals surface area contributed by atoms with Crippen molar-refractivity contribution >= 4 is 0 Å². The Balaban J connectivity index is 1.69. The highest BCUT2D eigenvalue weighted by molar-refractivity contribution is 5.20. The molecule has 0 aromatic heterocycles. The summed E-state index contributed by atoms with van der Waals surface area (Å²) in [6.45, 7) is 3.90. The summed E-state index contributed by atoms with van der Waals surface area (Å²) in [4.78, 5) is 2.31. The van der Waals surface area contributed by atoms with Gasteiger partial charge in [-0.2, -0.15) is 0 Å². The van der Waals surface area contributed by atoms with E-state index in [2.05, 4.69) is 4.90 Å². The Labute approximate surface area is 121 Å². The topological polar surface area (TPSA) is 41.9 Å². The first-order valence-corrected chi connectivity index (χ1v) is 7.35. The van der Waals surface area contributed by atoms with Crippen molar-refractivity contribution in [2.24, 2.45) is 5.92 Å². The minimum absolute atomic E-state index is 0.343. The number of methoxy groups -OCH3 is 1. The molecule has 1 aromatic carbocycles. The molecule has 0 radical (unpaired) electrons. The third kappa shape index (κ3) is 5.12. The molecule has 2 atom stereocenters. The van der Waals surface area contributed by atoms with Gasteiger partial charge in [0.2, 0.25) is 0 Å². The van der Waals surface area contributed by atoms with Gasteiger partial charge in [0, 0.05) is 20.2 Å². The van der Waals surface area contributed by atoms with Crippen molar-refractivity contribution in [3.05, 3.63) is 30.3 Å². The Morgan fingerprint density at radius 3 is 2.90 bits per heavy atom. The SMILES string of the molecule is COCC1CCCN(CC(O)COc2ccccc2)C1. The standard InChI is InChI=1S/C16H25NO3/c1-19-12-14-6-5-9-17(10-14)11-15(18)13-20-16-7-3-2-4-8-16/h2-4,7-8,14-15,18H,5-6,9-13H2,1H3. The summed E-state index contributed by atoms with van der Waals surface area (Å²) >= 11 is 0. The highest BCUT2D eigenvalue weighted by atomic mass is 16.5. The van der Waals surface area contributed by atoms with Gasteiger partial charge in [-0.05, 0) is 37.4 Å². The Kier molecular flexibility index (Phi) is 6.30. The van der Waals surface area contributed by atoms with Crippen molar-refractivity contribution in [1.82, 2.24) is 4.90 Å². The molecule has 4 heteroatoms. The largest absolute Gasteiger partial charge is 0.491 e. The lowest BCUT2D eigenvalue weighted by Gasteiger charge is -2.33. The van der Waals surface area contributed by atoms with Gasteiger partial charge in [-0.15, -0.1) is 0 Å². The molecule has 0 aliphatic carbocycles. The molecule has 0 amide bonds. The van der Waals surface area contributed by atoms with E-state index in [-0.39, 0.29) is 0 Å². The molecule has 4 nitrogen and oxygen atoms in total. The summed E-state index contributed by atoms with van der Waals surface area (Å²) in [6.07, 6.45) is 1.96. The number of piperidine rings is 1. The maximum atomic E-state index is 10.1. The Bertz CT molecular complexity index is 369. The first-order valence-electron chi connectivity index (χ1n) is 7.35. The normalized spacial score (nSPS) is 21.6. The van der Waals surface area contributed by atoms with E-state index in [1.54, 1.807) is 7.11 Å². The zero-order valence-electron chi connectivity index (χ0n) is 12.2. The molecule has 20 heavy (non-hydrogen) atoms. The highest BCUT2D eigenvalue weighted by Gasteiger charge is 2.21. The van der Waals surface area contributed by atoms with E-state index in [1.165, 1.54) is 12.8 Å². The molecule has 2 rings (SSSR count). The van der Waals surface area contributed by atoms with Crippen LogP contribution in [0.5, 0.6) is 5.75 Å². The summed E-state index contributed by atoms with van der Waals surface area (Å²) in [5, 5.41) is 10.1. The van der Waals surface area contributed by atoms with Gasteiger partial charge in [-0.25, -0.2) is 0 Å². The molecule has 1 heterocycles. The molecule has 1 saturated heterocycles. The van der Waals surface area contributed by atoms with E-state index in [0.29, 0.717) is 19.1 Å². The molecular formula is C16H25NO3. The summed E-state index contributed by atoms with van der Waals surface area (Å²) < 4.78 is 10.8. The van der Waals surface area contributed by atoms with Gasteiger partial charge >= 0.3 is 0 Å². The first kappa shape index (κ1) is 15.3. The van der Waals surface area contributed by atoms with E-state index in [9.17, 15) is 5.11 Å². The van der Waals surface area contributed by atoms with Crippen LogP contribution in [-0.2, 0) is 4.74 Å². The van der Waals surface area contributed by atoms with Crippen LogP contribution in [0.4, 0.5) is 0 Å². The molecule has 2 unspecified atom stereocenters. The smallest absolute Gasteiger partial charge is 0.119 e. The molecule has 1 aliphatic heterocycles. The van der Waals surface area contributed by atoms with Gasteiger partial charge in [0.15, 0.2) is 0 Å². The fraction of sp³-hybridized carbons (Fsp3) is 0.625. The van der Waals surface area contributed by atoms with Crippen LogP contribution in [0.15, 0.2) is 30.3 Å². The molecule has 112 valence electrons. The average molecular weight is 279 g/mol. The number of hydrogen-bond donors (Lipinski definition) is 1. The summed E-state index contributed by atoms with van der Waals surface area (Å²) in [5.41, 5.74) is 0. The van der Waals surface area contributed by atoms with Crippen molar-refractivity contribution < 1.29 is 14.6 Å². The van der Waals surface area contributed by atoms with E-state index < -0.39 is 6.10 Å². The van der Waals surface area contributed by atoms with Crippen LogP contribution in [0.25, 0.3) is 0 Å². The molecule has 1 N–H and O–H groups in total. The number of likely N-dealkylation sites (tertiary alicyclic amines) is 1. The van der Waals surface area contributed by atoms with Crippen molar-refractivity contribution in [2.45, 2.75) is 18.9 Å². The van der Waals surface area contributed by atoms with Gasteiger partial charge in [-0.3, -0.25) is 0 Å². The van der Waals surface area contributed by atoms with Crippen molar-refractivity contribution in [3.8, 4) is 5.75 Å². The molecular weight excluding hydrogens is 254 g/mol. The van der Waals surface area contributed by atoms with Crippen molar-refractivity contribution in [1.29, 1.82) is 0 Å². The van der Waals surface area contributed by atoms with Gasteiger partial charge in [0.05, 0.1) is 6.61 Å². The summed E-state index contributed by atoms with van der Waals surface area (Å²) in [6, 6.07) is 9.63. The molecule has 1 fully saturated rings. The minimum Gasteiger partial charge on any atom is -0.491 e. The molecule has 1 aliphatic rings. The number of aliphatic hydroxyl groups excluding tert-OH is 1. The number of ether oxygens (including phenoxy) is 2. The predicted molar refractivity (Wildman–Crippen MR) is 79.0 cm³/mol. The van der Waals surface area contributed by atoms with Crippen molar-refractivity contribution in [2.75, 3.05) is 40.0 Å².